The molecule has 3 N–H and O–H groups in total. The Bertz CT molecular complexity index is 838. The Morgan fingerprint density at radius 3 is 3.00 bits per heavy atom. The van der Waals surface area contributed by atoms with E-state index in [4.69, 9.17) is 4.74 Å². The van der Waals surface area contributed by atoms with Crippen molar-refractivity contribution in [3.05, 3.63) is 40.4 Å². The fraction of sp³-hybridized carbons (Fsp3) is 0.214. The Morgan fingerprint density at radius 1 is 1.38 bits per heavy atom. The Hall–Kier alpha value is -2.67. The molecule has 3 rings (SSSR count). The molecule has 21 heavy (non-hydrogen) atoms. The van der Waals surface area contributed by atoms with Gasteiger partial charge in [0.25, 0.3) is 5.56 Å². The molecule has 108 valence electrons. The highest BCUT2D eigenvalue weighted by molar-refractivity contribution is 5.73. The third-order valence-electron chi connectivity index (χ3n) is 3.07. The van der Waals surface area contributed by atoms with Gasteiger partial charge in [0.2, 0.25) is 0 Å². The van der Waals surface area contributed by atoms with Crippen molar-refractivity contribution >= 4 is 11.2 Å². The molecular formula is C14H14N4O3. The lowest BCUT2D eigenvalue weighted by Crippen LogP contribution is -2.10. The van der Waals surface area contributed by atoms with Crippen LogP contribution in [0.3, 0.4) is 0 Å². The molecule has 0 saturated heterocycles. The number of hydrogen-bond acceptors (Lipinski definition) is 5. The Labute approximate surface area is 119 Å². The third-order valence-corrected chi connectivity index (χ3v) is 3.07. The monoisotopic (exact) mass is 286 g/mol. The van der Waals surface area contributed by atoms with E-state index in [2.05, 4.69) is 19.9 Å². The first-order valence-electron chi connectivity index (χ1n) is 6.53. The molecule has 2 aromatic heterocycles. The van der Waals surface area contributed by atoms with Crippen molar-refractivity contribution < 1.29 is 9.84 Å². The zero-order valence-corrected chi connectivity index (χ0v) is 11.4. The summed E-state index contributed by atoms with van der Waals surface area (Å²) in [7, 11) is 0. The number of nitrogens with zero attached hydrogens (tertiary/aromatic N) is 2. The number of imidazole rings is 1. The van der Waals surface area contributed by atoms with E-state index in [1.54, 1.807) is 18.2 Å². The van der Waals surface area contributed by atoms with Crippen molar-refractivity contribution in [1.29, 1.82) is 0 Å². The van der Waals surface area contributed by atoms with Crippen molar-refractivity contribution in [3.63, 3.8) is 0 Å². The zero-order chi connectivity index (χ0) is 14.8. The number of benzene rings is 1. The topological polar surface area (TPSA) is 104 Å². The van der Waals surface area contributed by atoms with Crippen LogP contribution in [0.15, 0.2) is 29.3 Å². The number of H-pyrrole nitrogens is 2. The van der Waals surface area contributed by atoms with Crippen LogP contribution in [0.1, 0.15) is 12.5 Å². The predicted octanol–water partition coefficient (Wildman–Crippen LogP) is 1.20. The van der Waals surface area contributed by atoms with Gasteiger partial charge in [0.05, 0.1) is 25.1 Å². The number of aliphatic hydroxyl groups is 1. The van der Waals surface area contributed by atoms with E-state index in [1.165, 1.54) is 6.33 Å². The van der Waals surface area contributed by atoms with Gasteiger partial charge in [-0.25, -0.2) is 9.97 Å². The third kappa shape index (κ3) is 2.38. The van der Waals surface area contributed by atoms with E-state index >= 15 is 0 Å². The minimum absolute atomic E-state index is 0.0795. The molecule has 3 aromatic rings. The van der Waals surface area contributed by atoms with Crippen LogP contribution in [0.2, 0.25) is 0 Å². The van der Waals surface area contributed by atoms with E-state index < -0.39 is 0 Å². The largest absolute Gasteiger partial charge is 0.493 e. The van der Waals surface area contributed by atoms with Crippen LogP contribution in [0, 0.1) is 0 Å². The lowest BCUT2D eigenvalue weighted by molar-refractivity contribution is 0.280. The maximum absolute atomic E-state index is 12.0. The van der Waals surface area contributed by atoms with Gasteiger partial charge in [-0.2, -0.15) is 0 Å². The summed E-state index contributed by atoms with van der Waals surface area (Å²) in [5.41, 5.74) is 1.76. The molecule has 0 aliphatic carbocycles. The average molecular weight is 286 g/mol. The molecule has 0 amide bonds. The number of nitrogens with one attached hydrogen (secondary N) is 2. The average Bonchev–Trinajstić information content (AvgIpc) is 2.96. The molecule has 0 spiro atoms. The minimum Gasteiger partial charge on any atom is -0.493 e. The van der Waals surface area contributed by atoms with Gasteiger partial charge < -0.3 is 19.8 Å². The Kier molecular flexibility index (Phi) is 3.41. The molecule has 0 bridgehead atoms. The zero-order valence-electron chi connectivity index (χ0n) is 11.4. The van der Waals surface area contributed by atoms with Crippen molar-refractivity contribution in [2.45, 2.75) is 13.5 Å². The molecule has 2 heterocycles. The minimum atomic E-state index is -0.315. The molecule has 0 aliphatic rings. The molecule has 0 unspecified atom stereocenters. The quantitative estimate of drug-likeness (QED) is 0.668. The number of hydrogen-bond donors (Lipinski definition) is 3. The number of ether oxygens (including phenoxy) is 1. The van der Waals surface area contributed by atoms with Crippen molar-refractivity contribution in [3.8, 4) is 17.1 Å². The van der Waals surface area contributed by atoms with Gasteiger partial charge in [0, 0.05) is 0 Å². The summed E-state index contributed by atoms with van der Waals surface area (Å²) in [6.07, 6.45) is 1.43. The lowest BCUT2D eigenvalue weighted by atomic mass is 10.1. The molecule has 0 aliphatic heterocycles. The number of fused-ring (bicyclic) bond motifs is 1. The van der Waals surface area contributed by atoms with E-state index in [-0.39, 0.29) is 17.7 Å². The summed E-state index contributed by atoms with van der Waals surface area (Å²) < 4.78 is 5.57. The number of rotatable bonds is 4. The van der Waals surface area contributed by atoms with Crippen LogP contribution in [0.4, 0.5) is 0 Å². The maximum Gasteiger partial charge on any atom is 0.279 e. The van der Waals surface area contributed by atoms with Gasteiger partial charge in [0.1, 0.15) is 11.6 Å². The van der Waals surface area contributed by atoms with Gasteiger partial charge in [-0.1, -0.05) is 6.07 Å². The summed E-state index contributed by atoms with van der Waals surface area (Å²) in [5.74, 6) is 0.954. The second-order valence-electron chi connectivity index (χ2n) is 4.44. The molecule has 0 atom stereocenters. The van der Waals surface area contributed by atoms with Crippen LogP contribution in [0.25, 0.3) is 22.6 Å². The molecule has 1 aromatic carbocycles. The van der Waals surface area contributed by atoms with Crippen LogP contribution < -0.4 is 10.3 Å². The number of aromatic nitrogens is 4. The van der Waals surface area contributed by atoms with E-state index in [0.717, 1.165) is 5.56 Å². The van der Waals surface area contributed by atoms with E-state index in [9.17, 15) is 9.90 Å². The van der Waals surface area contributed by atoms with Gasteiger partial charge in [-0.05, 0) is 24.6 Å². The van der Waals surface area contributed by atoms with Crippen LogP contribution >= 0.6 is 0 Å². The number of aromatic amines is 2. The van der Waals surface area contributed by atoms with Crippen LogP contribution in [0.5, 0.6) is 5.75 Å². The van der Waals surface area contributed by atoms with Crippen molar-refractivity contribution in [1.82, 2.24) is 19.9 Å². The fourth-order valence-electron chi connectivity index (χ4n) is 2.11. The van der Waals surface area contributed by atoms with Gasteiger partial charge in [-0.15, -0.1) is 0 Å². The highest BCUT2D eigenvalue weighted by atomic mass is 16.5. The second kappa shape index (κ2) is 5.37. The summed E-state index contributed by atoms with van der Waals surface area (Å²) in [5, 5.41) is 9.21. The molecule has 7 nitrogen and oxygen atoms in total. The molecule has 0 radical (unpaired) electrons. The summed E-state index contributed by atoms with van der Waals surface area (Å²) >= 11 is 0. The maximum atomic E-state index is 12.0. The first kappa shape index (κ1) is 13.3. The standard InChI is InChI=1S/C14H14N4O3/c1-2-21-10-5-8(6-19)3-4-9(10)12-17-13-11(14(20)18-12)15-7-16-13/h3-5,7,19H,2,6H2,1H3,(H2,15,16,17,18,20). The smallest absolute Gasteiger partial charge is 0.279 e. The molecule has 7 heteroatoms. The summed E-state index contributed by atoms with van der Waals surface area (Å²) in [4.78, 5) is 25.7. The van der Waals surface area contributed by atoms with Crippen LogP contribution in [-0.4, -0.2) is 31.6 Å². The van der Waals surface area contributed by atoms with Crippen molar-refractivity contribution in [2.24, 2.45) is 0 Å². The van der Waals surface area contributed by atoms with Gasteiger partial charge >= 0.3 is 0 Å². The predicted molar refractivity (Wildman–Crippen MR) is 77.0 cm³/mol. The highest BCUT2D eigenvalue weighted by Crippen LogP contribution is 2.28. The fourth-order valence-corrected chi connectivity index (χ4v) is 2.11. The SMILES string of the molecule is CCOc1cc(CO)ccc1-c1nc2[nH]cnc2c(=O)[nH]1. The summed E-state index contributed by atoms with van der Waals surface area (Å²) in [6, 6.07) is 5.25. The van der Waals surface area contributed by atoms with Gasteiger partial charge in [-0.3, -0.25) is 4.79 Å². The number of aliphatic hydroxyl groups excluding tert-OH is 1. The van der Waals surface area contributed by atoms with E-state index in [0.29, 0.717) is 29.4 Å². The second-order valence-corrected chi connectivity index (χ2v) is 4.44. The van der Waals surface area contributed by atoms with Gasteiger partial charge in [0.15, 0.2) is 11.2 Å². The van der Waals surface area contributed by atoms with Crippen molar-refractivity contribution in [2.75, 3.05) is 6.61 Å². The normalized spacial score (nSPS) is 11.0. The van der Waals surface area contributed by atoms with Crippen LogP contribution in [-0.2, 0) is 6.61 Å². The molecular weight excluding hydrogens is 272 g/mol. The highest BCUT2D eigenvalue weighted by Gasteiger charge is 2.13. The summed E-state index contributed by atoms with van der Waals surface area (Å²) in [6.45, 7) is 2.26. The first-order valence-corrected chi connectivity index (χ1v) is 6.53. The van der Waals surface area contributed by atoms with E-state index in [1.807, 2.05) is 6.92 Å². The first-order chi connectivity index (χ1) is 10.2. The Balaban J connectivity index is 2.19. The molecule has 0 fully saturated rings. The Morgan fingerprint density at radius 2 is 2.24 bits per heavy atom. The lowest BCUT2D eigenvalue weighted by Gasteiger charge is -2.11. The molecule has 0 saturated carbocycles.